The van der Waals surface area contributed by atoms with E-state index >= 15 is 0 Å². The molecule has 102 valence electrons. The van der Waals surface area contributed by atoms with Crippen molar-refractivity contribution < 1.29 is 4.79 Å². The molecule has 1 amide bonds. The molecule has 1 fully saturated rings. The van der Waals surface area contributed by atoms with Gasteiger partial charge in [-0.3, -0.25) is 4.79 Å². The molecule has 3 nitrogen and oxygen atoms in total. The number of nitrogens with two attached hydrogens (primary N) is 1. The number of aryl methyl sites for hydroxylation is 1. The van der Waals surface area contributed by atoms with Crippen LogP contribution in [0, 0.1) is 5.41 Å². The highest BCUT2D eigenvalue weighted by Crippen LogP contribution is 2.42. The van der Waals surface area contributed by atoms with Crippen molar-refractivity contribution in [2.24, 2.45) is 11.1 Å². The van der Waals surface area contributed by atoms with Crippen molar-refractivity contribution in [2.45, 2.75) is 38.6 Å². The van der Waals surface area contributed by atoms with Crippen LogP contribution in [0.25, 0.3) is 0 Å². The first-order chi connectivity index (χ1) is 9.25. The normalized spacial score (nSPS) is 21.2. The lowest BCUT2D eigenvalue weighted by atomic mass is 9.67. The molecule has 1 heterocycles. The molecule has 2 aliphatic rings. The Kier molecular flexibility index (Phi) is 3.31. The van der Waals surface area contributed by atoms with Gasteiger partial charge in [-0.1, -0.05) is 30.7 Å². The smallest absolute Gasteiger partial charge is 0.230 e. The Morgan fingerprint density at radius 2 is 1.95 bits per heavy atom. The second kappa shape index (κ2) is 4.97. The van der Waals surface area contributed by atoms with Crippen molar-refractivity contribution in [3.63, 3.8) is 0 Å². The summed E-state index contributed by atoms with van der Waals surface area (Å²) >= 11 is 0. The highest BCUT2D eigenvalue weighted by molar-refractivity contribution is 5.84. The molecule has 1 aliphatic heterocycles. The summed E-state index contributed by atoms with van der Waals surface area (Å²) in [5.74, 6) is 0.290. The highest BCUT2D eigenvalue weighted by Gasteiger charge is 2.45. The number of amides is 1. The van der Waals surface area contributed by atoms with E-state index in [1.165, 1.54) is 11.1 Å². The van der Waals surface area contributed by atoms with Crippen molar-refractivity contribution in [2.75, 3.05) is 13.1 Å². The number of carbonyl (C=O) groups is 1. The zero-order chi connectivity index (χ0) is 13.3. The lowest BCUT2D eigenvalue weighted by Crippen LogP contribution is -2.51. The zero-order valence-corrected chi connectivity index (χ0v) is 11.4. The van der Waals surface area contributed by atoms with Crippen molar-refractivity contribution in [3.8, 4) is 0 Å². The number of carbonyl (C=O) groups excluding carboxylic acids is 1. The maximum absolute atomic E-state index is 12.7. The minimum atomic E-state index is -0.237. The first kappa shape index (κ1) is 12.7. The van der Waals surface area contributed by atoms with Gasteiger partial charge in [0.1, 0.15) is 0 Å². The number of fused-ring (bicyclic) bond motifs is 1. The van der Waals surface area contributed by atoms with E-state index in [0.29, 0.717) is 6.54 Å². The minimum Gasteiger partial charge on any atom is -0.338 e. The number of rotatable bonds is 2. The van der Waals surface area contributed by atoms with Gasteiger partial charge in [-0.2, -0.15) is 0 Å². The summed E-state index contributed by atoms with van der Waals surface area (Å²) in [7, 11) is 0. The van der Waals surface area contributed by atoms with Gasteiger partial charge in [-0.15, -0.1) is 0 Å². The monoisotopic (exact) mass is 258 g/mol. The van der Waals surface area contributed by atoms with Gasteiger partial charge in [-0.25, -0.2) is 0 Å². The summed E-state index contributed by atoms with van der Waals surface area (Å²) in [6, 6.07) is 8.49. The van der Waals surface area contributed by atoms with E-state index in [9.17, 15) is 4.79 Å². The van der Waals surface area contributed by atoms with E-state index in [2.05, 4.69) is 24.3 Å². The molecule has 3 heteroatoms. The number of hydrogen-bond donors (Lipinski definition) is 1. The Bertz CT molecular complexity index is 474. The van der Waals surface area contributed by atoms with Gasteiger partial charge in [0.05, 0.1) is 5.41 Å². The van der Waals surface area contributed by atoms with Crippen LogP contribution in [0.5, 0.6) is 0 Å². The van der Waals surface area contributed by atoms with Crippen molar-refractivity contribution in [1.82, 2.24) is 4.90 Å². The molecule has 0 atom stereocenters. The standard InChI is InChI=1S/C16H22N2O/c17-12-16(8-4-9-16)15(19)18-10-3-7-13-5-1-2-6-14(13)11-18/h1-2,5-6H,3-4,7-12,17H2. The Hall–Kier alpha value is -1.35. The molecule has 0 saturated heterocycles. The van der Waals surface area contributed by atoms with Crippen LogP contribution < -0.4 is 5.73 Å². The average Bonchev–Trinajstić information content (AvgIpc) is 2.60. The van der Waals surface area contributed by atoms with Crippen LogP contribution >= 0.6 is 0 Å². The van der Waals surface area contributed by atoms with Crippen LogP contribution in [0.3, 0.4) is 0 Å². The molecule has 19 heavy (non-hydrogen) atoms. The molecule has 1 aromatic carbocycles. The molecule has 2 N–H and O–H groups in total. The Labute approximate surface area is 114 Å². The summed E-state index contributed by atoms with van der Waals surface area (Å²) in [5, 5.41) is 0. The van der Waals surface area contributed by atoms with Crippen molar-refractivity contribution in [3.05, 3.63) is 35.4 Å². The minimum absolute atomic E-state index is 0.237. The molecule has 1 saturated carbocycles. The largest absolute Gasteiger partial charge is 0.338 e. The maximum atomic E-state index is 12.7. The number of hydrogen-bond acceptors (Lipinski definition) is 2. The predicted molar refractivity (Wildman–Crippen MR) is 75.5 cm³/mol. The third-order valence-corrected chi connectivity index (χ3v) is 4.80. The van der Waals surface area contributed by atoms with Gasteiger partial charge < -0.3 is 10.6 Å². The van der Waals surface area contributed by atoms with Gasteiger partial charge in [0.25, 0.3) is 0 Å². The Morgan fingerprint density at radius 1 is 1.21 bits per heavy atom. The Morgan fingerprint density at radius 3 is 2.58 bits per heavy atom. The predicted octanol–water partition coefficient (Wildman–Crippen LogP) is 2.09. The first-order valence-electron chi connectivity index (χ1n) is 7.31. The summed E-state index contributed by atoms with van der Waals surface area (Å²) in [6.45, 7) is 2.13. The van der Waals surface area contributed by atoms with Gasteiger partial charge in [0.2, 0.25) is 5.91 Å². The third kappa shape index (κ3) is 2.16. The van der Waals surface area contributed by atoms with Gasteiger partial charge >= 0.3 is 0 Å². The molecule has 0 spiro atoms. The number of nitrogens with zero attached hydrogens (tertiary/aromatic N) is 1. The van der Waals surface area contributed by atoms with Gasteiger partial charge in [-0.05, 0) is 36.8 Å². The Balaban J connectivity index is 1.81. The van der Waals surface area contributed by atoms with E-state index in [-0.39, 0.29) is 11.3 Å². The van der Waals surface area contributed by atoms with E-state index < -0.39 is 0 Å². The highest BCUT2D eigenvalue weighted by atomic mass is 16.2. The topological polar surface area (TPSA) is 46.3 Å². The first-order valence-corrected chi connectivity index (χ1v) is 7.31. The van der Waals surface area contributed by atoms with E-state index in [1.807, 2.05) is 4.90 Å². The average molecular weight is 258 g/mol. The van der Waals surface area contributed by atoms with E-state index in [1.54, 1.807) is 0 Å². The quantitative estimate of drug-likeness (QED) is 0.883. The molecule has 0 radical (unpaired) electrons. The van der Waals surface area contributed by atoms with Gasteiger partial charge in [0, 0.05) is 19.6 Å². The fourth-order valence-electron chi connectivity index (χ4n) is 3.32. The van der Waals surface area contributed by atoms with Crippen molar-refractivity contribution >= 4 is 5.91 Å². The fraction of sp³-hybridized carbons (Fsp3) is 0.562. The van der Waals surface area contributed by atoms with Crippen LogP contribution in [-0.4, -0.2) is 23.9 Å². The maximum Gasteiger partial charge on any atom is 0.230 e. The second-order valence-electron chi connectivity index (χ2n) is 5.94. The van der Waals surface area contributed by atoms with E-state index in [0.717, 1.165) is 45.2 Å². The molecule has 3 rings (SSSR count). The summed E-state index contributed by atoms with van der Waals surface area (Å²) in [5.41, 5.74) is 8.33. The molecule has 1 aromatic rings. The van der Waals surface area contributed by atoms with Crippen LogP contribution in [0.15, 0.2) is 24.3 Å². The summed E-state index contributed by atoms with van der Waals surface area (Å²) < 4.78 is 0. The molecule has 0 aromatic heterocycles. The van der Waals surface area contributed by atoms with Crippen LogP contribution in [0.2, 0.25) is 0 Å². The zero-order valence-electron chi connectivity index (χ0n) is 11.4. The van der Waals surface area contributed by atoms with Gasteiger partial charge in [0.15, 0.2) is 0 Å². The molecular weight excluding hydrogens is 236 g/mol. The fourth-order valence-corrected chi connectivity index (χ4v) is 3.32. The molecule has 0 bridgehead atoms. The van der Waals surface area contributed by atoms with Crippen LogP contribution in [0.1, 0.15) is 36.8 Å². The molecular formula is C16H22N2O. The third-order valence-electron chi connectivity index (χ3n) is 4.80. The van der Waals surface area contributed by atoms with E-state index in [4.69, 9.17) is 5.73 Å². The molecule has 1 aliphatic carbocycles. The molecule has 0 unspecified atom stereocenters. The lowest BCUT2D eigenvalue weighted by molar-refractivity contribution is -0.147. The summed E-state index contributed by atoms with van der Waals surface area (Å²) in [4.78, 5) is 14.8. The van der Waals surface area contributed by atoms with Crippen molar-refractivity contribution in [1.29, 1.82) is 0 Å². The number of benzene rings is 1. The van der Waals surface area contributed by atoms with Crippen LogP contribution in [-0.2, 0) is 17.8 Å². The SMILES string of the molecule is NCC1(C(=O)N2CCCc3ccccc3C2)CCC1. The lowest BCUT2D eigenvalue weighted by Gasteiger charge is -2.42. The second-order valence-corrected chi connectivity index (χ2v) is 5.94. The summed E-state index contributed by atoms with van der Waals surface area (Å²) in [6.07, 6.45) is 5.23. The van der Waals surface area contributed by atoms with Crippen LogP contribution in [0.4, 0.5) is 0 Å².